The number of aliphatic hydroxyl groups excluding tert-OH is 1. The Kier molecular flexibility index (Phi) is 5.22. The van der Waals surface area contributed by atoms with E-state index < -0.39 is 0 Å². The molecule has 1 aliphatic carbocycles. The van der Waals surface area contributed by atoms with Gasteiger partial charge in [0.05, 0.1) is 6.10 Å². The van der Waals surface area contributed by atoms with Gasteiger partial charge < -0.3 is 20.2 Å². The van der Waals surface area contributed by atoms with Gasteiger partial charge in [0, 0.05) is 32.2 Å². The van der Waals surface area contributed by atoms with Gasteiger partial charge in [-0.25, -0.2) is 0 Å². The Morgan fingerprint density at radius 1 is 1.35 bits per heavy atom. The van der Waals surface area contributed by atoms with E-state index in [1.54, 1.807) is 0 Å². The van der Waals surface area contributed by atoms with Crippen LogP contribution in [0.2, 0.25) is 0 Å². The van der Waals surface area contributed by atoms with E-state index in [2.05, 4.69) is 22.2 Å². The van der Waals surface area contributed by atoms with Gasteiger partial charge in [-0.15, -0.1) is 0 Å². The first-order chi connectivity index (χ1) is 8.25. The van der Waals surface area contributed by atoms with Crippen LogP contribution < -0.4 is 5.32 Å². The molecule has 0 aromatic rings. The molecule has 1 saturated carbocycles. The summed E-state index contributed by atoms with van der Waals surface area (Å²) in [5.41, 5.74) is 0. The highest BCUT2D eigenvalue weighted by Crippen LogP contribution is 2.24. The Balaban J connectivity index is 1.46. The number of likely N-dealkylation sites (N-methyl/N-ethyl adjacent to an activating group) is 1. The molecule has 0 aromatic heterocycles. The zero-order valence-corrected chi connectivity index (χ0v) is 11.1. The zero-order valence-electron chi connectivity index (χ0n) is 11.1. The summed E-state index contributed by atoms with van der Waals surface area (Å²) in [6.45, 7) is 5.99. The molecule has 2 fully saturated rings. The Labute approximate surface area is 105 Å². The summed E-state index contributed by atoms with van der Waals surface area (Å²) in [6, 6.07) is 0.839. The third kappa shape index (κ3) is 4.92. The number of likely N-dealkylation sites (tertiary alicyclic amines) is 1. The van der Waals surface area contributed by atoms with E-state index in [1.807, 2.05) is 0 Å². The third-order valence-electron chi connectivity index (χ3n) is 3.86. The van der Waals surface area contributed by atoms with Gasteiger partial charge in [0.25, 0.3) is 0 Å². The number of nitrogens with zero attached hydrogens (tertiary/aromatic N) is 2. The Bertz CT molecular complexity index is 215. The van der Waals surface area contributed by atoms with Gasteiger partial charge in [-0.3, -0.25) is 0 Å². The molecule has 0 aromatic carbocycles. The van der Waals surface area contributed by atoms with E-state index in [0.717, 1.165) is 32.2 Å². The average molecular weight is 241 g/mol. The van der Waals surface area contributed by atoms with E-state index in [-0.39, 0.29) is 6.10 Å². The van der Waals surface area contributed by atoms with Crippen molar-refractivity contribution in [3.63, 3.8) is 0 Å². The van der Waals surface area contributed by atoms with Crippen LogP contribution in [-0.4, -0.2) is 73.4 Å². The summed E-state index contributed by atoms with van der Waals surface area (Å²) >= 11 is 0. The van der Waals surface area contributed by atoms with Crippen LogP contribution >= 0.6 is 0 Å². The van der Waals surface area contributed by atoms with Crippen molar-refractivity contribution in [1.29, 1.82) is 0 Å². The second-order valence-corrected chi connectivity index (χ2v) is 5.58. The number of β-amino-alcohol motifs (C(OH)–C–C–N with tert-alkyl or cyclic N) is 1. The lowest BCUT2D eigenvalue weighted by atomic mass is 10.3. The molecule has 4 heteroatoms. The smallest absolute Gasteiger partial charge is 0.0791 e. The molecule has 2 N–H and O–H groups in total. The molecule has 1 aliphatic heterocycles. The highest BCUT2D eigenvalue weighted by molar-refractivity contribution is 4.82. The van der Waals surface area contributed by atoms with Crippen LogP contribution in [0.5, 0.6) is 0 Å². The Hall–Kier alpha value is -0.160. The van der Waals surface area contributed by atoms with Crippen LogP contribution in [0.25, 0.3) is 0 Å². The second-order valence-electron chi connectivity index (χ2n) is 5.58. The normalized spacial score (nSPS) is 23.5. The fraction of sp³-hybridized carbons (Fsp3) is 1.00. The van der Waals surface area contributed by atoms with Crippen LogP contribution in [-0.2, 0) is 0 Å². The highest BCUT2D eigenvalue weighted by atomic mass is 16.3. The number of hydrogen-bond donors (Lipinski definition) is 2. The van der Waals surface area contributed by atoms with Gasteiger partial charge >= 0.3 is 0 Å². The molecule has 1 atom stereocenters. The minimum atomic E-state index is -0.209. The molecule has 17 heavy (non-hydrogen) atoms. The lowest BCUT2D eigenvalue weighted by Gasteiger charge is -2.20. The number of rotatable bonds is 8. The predicted octanol–water partition coefficient (Wildman–Crippen LogP) is 0.127. The van der Waals surface area contributed by atoms with Gasteiger partial charge in [0.2, 0.25) is 0 Å². The summed E-state index contributed by atoms with van der Waals surface area (Å²) in [5, 5.41) is 13.2. The minimum Gasteiger partial charge on any atom is -0.390 e. The van der Waals surface area contributed by atoms with Crippen molar-refractivity contribution < 1.29 is 5.11 Å². The molecule has 0 amide bonds. The molecule has 0 radical (unpaired) electrons. The van der Waals surface area contributed by atoms with Gasteiger partial charge in [-0.2, -0.15) is 0 Å². The van der Waals surface area contributed by atoms with E-state index in [0.29, 0.717) is 0 Å². The predicted molar refractivity (Wildman–Crippen MR) is 70.2 cm³/mol. The van der Waals surface area contributed by atoms with E-state index >= 15 is 0 Å². The van der Waals surface area contributed by atoms with Crippen molar-refractivity contribution in [2.45, 2.75) is 37.8 Å². The molecular formula is C13H27N3O. The van der Waals surface area contributed by atoms with Gasteiger partial charge in [0.15, 0.2) is 0 Å². The lowest BCUT2D eigenvalue weighted by Crippen LogP contribution is -2.39. The summed E-state index contributed by atoms with van der Waals surface area (Å²) in [6.07, 6.45) is 5.13. The topological polar surface area (TPSA) is 38.7 Å². The molecule has 0 spiro atoms. The maximum absolute atomic E-state index is 9.88. The van der Waals surface area contributed by atoms with Gasteiger partial charge in [-0.05, 0) is 45.8 Å². The fourth-order valence-electron chi connectivity index (χ4n) is 2.55. The highest BCUT2D eigenvalue weighted by Gasteiger charge is 2.25. The summed E-state index contributed by atoms with van der Waals surface area (Å²) in [7, 11) is 2.19. The maximum atomic E-state index is 9.88. The third-order valence-corrected chi connectivity index (χ3v) is 3.86. The molecular weight excluding hydrogens is 214 g/mol. The maximum Gasteiger partial charge on any atom is 0.0791 e. The van der Waals surface area contributed by atoms with Crippen molar-refractivity contribution in [3.8, 4) is 0 Å². The number of nitrogens with one attached hydrogen (secondary N) is 1. The molecule has 1 saturated heterocycles. The minimum absolute atomic E-state index is 0.209. The van der Waals surface area contributed by atoms with Crippen molar-refractivity contribution in [2.75, 3.05) is 46.3 Å². The van der Waals surface area contributed by atoms with E-state index in [9.17, 15) is 5.11 Å². The molecule has 1 unspecified atom stereocenters. The first kappa shape index (κ1) is 13.3. The quantitative estimate of drug-likeness (QED) is 0.592. The van der Waals surface area contributed by atoms with Crippen LogP contribution in [0.15, 0.2) is 0 Å². The largest absolute Gasteiger partial charge is 0.390 e. The van der Waals surface area contributed by atoms with Crippen LogP contribution in [0.1, 0.15) is 25.7 Å². The summed E-state index contributed by atoms with van der Waals surface area (Å²) in [4.78, 5) is 4.78. The SMILES string of the molecule is CN(CCNCC(O)CN1CCCC1)C1CC1. The first-order valence-electron chi connectivity index (χ1n) is 7.07. The van der Waals surface area contributed by atoms with Crippen molar-refractivity contribution >= 4 is 0 Å². The molecule has 1 heterocycles. The number of aliphatic hydroxyl groups is 1. The summed E-state index contributed by atoms with van der Waals surface area (Å²) in [5.74, 6) is 0. The Morgan fingerprint density at radius 2 is 2.06 bits per heavy atom. The van der Waals surface area contributed by atoms with Crippen molar-refractivity contribution in [1.82, 2.24) is 15.1 Å². The summed E-state index contributed by atoms with van der Waals surface area (Å²) < 4.78 is 0. The number of hydrogen-bond acceptors (Lipinski definition) is 4. The molecule has 2 rings (SSSR count). The Morgan fingerprint density at radius 3 is 2.71 bits per heavy atom. The van der Waals surface area contributed by atoms with Crippen LogP contribution in [0, 0.1) is 0 Å². The molecule has 2 aliphatic rings. The van der Waals surface area contributed by atoms with E-state index in [1.165, 1.54) is 38.8 Å². The average Bonchev–Trinajstić information content (AvgIpc) is 3.04. The molecule has 100 valence electrons. The second kappa shape index (κ2) is 6.69. The van der Waals surface area contributed by atoms with Gasteiger partial charge in [0.1, 0.15) is 0 Å². The monoisotopic (exact) mass is 241 g/mol. The van der Waals surface area contributed by atoms with Crippen LogP contribution in [0.4, 0.5) is 0 Å². The van der Waals surface area contributed by atoms with Crippen LogP contribution in [0.3, 0.4) is 0 Å². The van der Waals surface area contributed by atoms with Gasteiger partial charge in [-0.1, -0.05) is 0 Å². The first-order valence-corrected chi connectivity index (χ1v) is 7.07. The van der Waals surface area contributed by atoms with Crippen molar-refractivity contribution in [2.24, 2.45) is 0 Å². The molecule has 4 nitrogen and oxygen atoms in total. The molecule has 0 bridgehead atoms. The van der Waals surface area contributed by atoms with E-state index in [4.69, 9.17) is 0 Å². The standard InChI is InChI=1S/C13H27N3O/c1-15(12-4-5-12)9-6-14-10-13(17)11-16-7-2-3-8-16/h12-14,17H,2-11H2,1H3. The lowest BCUT2D eigenvalue weighted by molar-refractivity contribution is 0.123. The fourth-order valence-corrected chi connectivity index (χ4v) is 2.55. The van der Waals surface area contributed by atoms with Crippen molar-refractivity contribution in [3.05, 3.63) is 0 Å². The zero-order chi connectivity index (χ0) is 12.1.